The Hall–Kier alpha value is -0.610. The van der Waals surface area contributed by atoms with E-state index in [1.807, 2.05) is 0 Å². The second-order valence-electron chi connectivity index (χ2n) is 6.08. The number of nitrogens with zero attached hydrogens (tertiary/aromatic N) is 2. The minimum absolute atomic E-state index is 0.575. The van der Waals surface area contributed by atoms with Crippen LogP contribution in [0.25, 0.3) is 0 Å². The maximum absolute atomic E-state index is 11.9. The molecule has 0 amide bonds. The molecule has 0 saturated carbocycles. The van der Waals surface area contributed by atoms with Gasteiger partial charge in [0.05, 0.1) is 0 Å². The number of carboxylic acid groups (broad SMARTS) is 1. The van der Waals surface area contributed by atoms with Crippen LogP contribution in [0, 0.1) is 0 Å². The van der Waals surface area contributed by atoms with Gasteiger partial charge >= 0.3 is 5.97 Å². The Labute approximate surface area is 116 Å². The Morgan fingerprint density at radius 1 is 1.05 bits per heavy atom. The van der Waals surface area contributed by atoms with Gasteiger partial charge in [0.15, 0.2) is 0 Å². The highest BCUT2D eigenvalue weighted by atomic mass is 16.4. The van der Waals surface area contributed by atoms with Crippen molar-refractivity contribution in [2.24, 2.45) is 0 Å². The van der Waals surface area contributed by atoms with E-state index in [2.05, 4.69) is 16.7 Å². The molecule has 0 aromatic carbocycles. The first-order valence-corrected chi connectivity index (χ1v) is 7.90. The van der Waals surface area contributed by atoms with Gasteiger partial charge in [-0.1, -0.05) is 19.8 Å². The average Bonchev–Trinajstić information content (AvgIpc) is 2.69. The van der Waals surface area contributed by atoms with Crippen molar-refractivity contribution < 1.29 is 9.90 Å². The third-order valence-electron chi connectivity index (χ3n) is 4.83. The Bertz CT molecular complexity index is 291. The number of hydrogen-bond acceptors (Lipinski definition) is 3. The number of piperidine rings is 1. The van der Waals surface area contributed by atoms with Crippen LogP contribution < -0.4 is 0 Å². The van der Waals surface area contributed by atoms with Gasteiger partial charge in [-0.25, -0.2) is 0 Å². The van der Waals surface area contributed by atoms with Crippen LogP contribution in [0.2, 0.25) is 0 Å². The van der Waals surface area contributed by atoms with Crippen molar-refractivity contribution in [3.8, 4) is 0 Å². The van der Waals surface area contributed by atoms with Crippen LogP contribution in [-0.4, -0.2) is 59.1 Å². The SMILES string of the molecule is CCCN1CCC(C(=O)O)(N2CCCCCC2)CC1. The fourth-order valence-corrected chi connectivity index (χ4v) is 3.63. The summed E-state index contributed by atoms with van der Waals surface area (Å²) in [4.78, 5) is 16.6. The molecule has 0 aromatic heterocycles. The summed E-state index contributed by atoms with van der Waals surface area (Å²) in [5.41, 5.74) is -0.575. The third kappa shape index (κ3) is 3.29. The van der Waals surface area contributed by atoms with Crippen molar-refractivity contribution >= 4 is 5.97 Å². The van der Waals surface area contributed by atoms with Gasteiger partial charge in [0.25, 0.3) is 0 Å². The zero-order valence-corrected chi connectivity index (χ0v) is 12.2. The first-order chi connectivity index (χ1) is 9.19. The molecule has 4 nitrogen and oxygen atoms in total. The quantitative estimate of drug-likeness (QED) is 0.849. The molecule has 2 fully saturated rings. The summed E-state index contributed by atoms with van der Waals surface area (Å²) in [7, 11) is 0. The predicted molar refractivity (Wildman–Crippen MR) is 76.4 cm³/mol. The molecule has 0 unspecified atom stereocenters. The maximum Gasteiger partial charge on any atom is 0.324 e. The molecule has 0 aromatic rings. The van der Waals surface area contributed by atoms with Gasteiger partial charge in [0, 0.05) is 13.1 Å². The molecule has 2 saturated heterocycles. The third-order valence-corrected chi connectivity index (χ3v) is 4.83. The molecular formula is C15H28N2O2. The Morgan fingerprint density at radius 3 is 2.11 bits per heavy atom. The van der Waals surface area contributed by atoms with E-state index in [0.717, 1.165) is 64.8 Å². The fraction of sp³-hybridized carbons (Fsp3) is 0.933. The van der Waals surface area contributed by atoms with Gasteiger partial charge in [0.2, 0.25) is 0 Å². The standard InChI is InChI=1S/C15H28N2O2/c1-2-9-16-12-7-15(8-13-16,14(18)19)17-10-5-3-4-6-11-17/h2-13H2,1H3,(H,18,19). The van der Waals surface area contributed by atoms with Crippen molar-refractivity contribution in [3.05, 3.63) is 0 Å². The summed E-state index contributed by atoms with van der Waals surface area (Å²) >= 11 is 0. The number of aliphatic carboxylic acids is 1. The van der Waals surface area contributed by atoms with Crippen molar-refractivity contribution in [2.75, 3.05) is 32.7 Å². The Balaban J connectivity index is 2.04. The molecule has 4 heteroatoms. The molecule has 0 atom stereocenters. The van der Waals surface area contributed by atoms with Crippen LogP contribution >= 0.6 is 0 Å². The van der Waals surface area contributed by atoms with E-state index in [1.165, 1.54) is 12.8 Å². The Morgan fingerprint density at radius 2 is 1.63 bits per heavy atom. The largest absolute Gasteiger partial charge is 0.480 e. The highest BCUT2D eigenvalue weighted by molar-refractivity contribution is 5.79. The maximum atomic E-state index is 11.9. The molecule has 2 aliphatic rings. The number of carboxylic acids is 1. The first-order valence-electron chi connectivity index (χ1n) is 7.90. The van der Waals surface area contributed by atoms with Crippen molar-refractivity contribution in [2.45, 2.75) is 57.4 Å². The summed E-state index contributed by atoms with van der Waals surface area (Å²) in [6.07, 6.45) is 7.58. The van der Waals surface area contributed by atoms with Gasteiger partial charge in [-0.15, -0.1) is 0 Å². The van der Waals surface area contributed by atoms with Gasteiger partial charge in [0.1, 0.15) is 5.54 Å². The molecule has 19 heavy (non-hydrogen) atoms. The summed E-state index contributed by atoms with van der Waals surface area (Å²) < 4.78 is 0. The molecule has 110 valence electrons. The smallest absolute Gasteiger partial charge is 0.324 e. The van der Waals surface area contributed by atoms with Gasteiger partial charge < -0.3 is 10.0 Å². The van der Waals surface area contributed by atoms with E-state index >= 15 is 0 Å². The highest BCUT2D eigenvalue weighted by Gasteiger charge is 2.46. The summed E-state index contributed by atoms with van der Waals surface area (Å²) in [5.74, 6) is -0.592. The summed E-state index contributed by atoms with van der Waals surface area (Å²) in [6, 6.07) is 0. The molecule has 2 aliphatic heterocycles. The van der Waals surface area contributed by atoms with Gasteiger partial charge in [-0.05, 0) is 51.7 Å². The van der Waals surface area contributed by atoms with E-state index < -0.39 is 11.5 Å². The van der Waals surface area contributed by atoms with E-state index in [-0.39, 0.29) is 0 Å². The number of likely N-dealkylation sites (tertiary alicyclic amines) is 2. The molecule has 2 heterocycles. The predicted octanol–water partition coefficient (Wildman–Crippen LogP) is 2.19. The lowest BCUT2D eigenvalue weighted by molar-refractivity contribution is -0.155. The first kappa shape index (κ1) is 14.8. The minimum atomic E-state index is -0.592. The molecule has 0 spiro atoms. The second kappa shape index (κ2) is 6.71. The minimum Gasteiger partial charge on any atom is -0.480 e. The van der Waals surface area contributed by atoms with Crippen LogP contribution in [0.4, 0.5) is 0 Å². The lowest BCUT2D eigenvalue weighted by Crippen LogP contribution is -2.60. The van der Waals surface area contributed by atoms with Crippen LogP contribution in [0.15, 0.2) is 0 Å². The molecule has 0 bridgehead atoms. The number of rotatable bonds is 4. The molecule has 1 N–H and O–H groups in total. The van der Waals surface area contributed by atoms with Gasteiger partial charge in [-0.2, -0.15) is 0 Å². The lowest BCUT2D eigenvalue weighted by Gasteiger charge is -2.45. The van der Waals surface area contributed by atoms with Crippen LogP contribution in [0.1, 0.15) is 51.9 Å². The molecule has 0 aliphatic carbocycles. The lowest BCUT2D eigenvalue weighted by atomic mass is 9.85. The van der Waals surface area contributed by atoms with E-state index in [0.29, 0.717) is 0 Å². The highest BCUT2D eigenvalue weighted by Crippen LogP contribution is 2.31. The van der Waals surface area contributed by atoms with E-state index in [9.17, 15) is 9.90 Å². The molecule has 0 radical (unpaired) electrons. The average molecular weight is 268 g/mol. The summed E-state index contributed by atoms with van der Waals surface area (Å²) in [6.45, 7) is 7.12. The van der Waals surface area contributed by atoms with Crippen molar-refractivity contribution in [1.29, 1.82) is 0 Å². The van der Waals surface area contributed by atoms with Gasteiger partial charge in [-0.3, -0.25) is 9.69 Å². The van der Waals surface area contributed by atoms with Crippen molar-refractivity contribution in [3.63, 3.8) is 0 Å². The van der Waals surface area contributed by atoms with Crippen LogP contribution in [0.3, 0.4) is 0 Å². The summed E-state index contributed by atoms with van der Waals surface area (Å²) in [5, 5.41) is 9.79. The van der Waals surface area contributed by atoms with E-state index in [1.54, 1.807) is 0 Å². The zero-order valence-electron chi connectivity index (χ0n) is 12.2. The number of hydrogen-bond donors (Lipinski definition) is 1. The number of carbonyl (C=O) groups is 1. The molecule has 2 rings (SSSR count). The fourth-order valence-electron chi connectivity index (χ4n) is 3.63. The second-order valence-corrected chi connectivity index (χ2v) is 6.08. The van der Waals surface area contributed by atoms with E-state index in [4.69, 9.17) is 0 Å². The zero-order chi connectivity index (χ0) is 13.7. The topological polar surface area (TPSA) is 43.8 Å². The Kier molecular flexibility index (Phi) is 5.22. The molecular weight excluding hydrogens is 240 g/mol. The van der Waals surface area contributed by atoms with Crippen LogP contribution in [-0.2, 0) is 4.79 Å². The monoisotopic (exact) mass is 268 g/mol. The van der Waals surface area contributed by atoms with Crippen molar-refractivity contribution in [1.82, 2.24) is 9.80 Å². The van der Waals surface area contributed by atoms with Crippen LogP contribution in [0.5, 0.6) is 0 Å². The normalized spacial score (nSPS) is 25.9.